The van der Waals surface area contributed by atoms with Crippen LogP contribution in [0.1, 0.15) is 11.1 Å². The Morgan fingerprint density at radius 1 is 0.585 bits per heavy atom. The molecule has 190 valence electrons. The van der Waals surface area contributed by atoms with Gasteiger partial charge < -0.3 is 4.57 Å². The zero-order valence-corrected chi connectivity index (χ0v) is 21.9. The number of imidazole rings is 1. The second kappa shape index (κ2) is 7.55. The van der Waals surface area contributed by atoms with Crippen LogP contribution in [0.4, 0.5) is 0 Å². The number of rotatable bonds is 1. The standard InChI is InChI=1S/C36H21N5/c1-2-9-23(10-3-1)40-28-17-16-25-32(31(28)26-15-14-22-20-21-8-4-5-11-24(21)30(22)34(26)40)36-39-27-12-6-19-38-35(27)41(36)29-13-7-18-37-33(25)29/h1-19H,20H2. The van der Waals surface area contributed by atoms with Crippen molar-refractivity contribution >= 4 is 60.4 Å². The van der Waals surface area contributed by atoms with E-state index in [4.69, 9.17) is 15.0 Å². The first-order chi connectivity index (χ1) is 20.4. The van der Waals surface area contributed by atoms with Gasteiger partial charge in [0.15, 0.2) is 5.65 Å². The van der Waals surface area contributed by atoms with E-state index in [0.717, 1.165) is 56.2 Å². The number of nitrogens with zero attached hydrogens (tertiary/aromatic N) is 5. The smallest absolute Gasteiger partial charge is 0.165 e. The molecule has 0 fully saturated rings. The summed E-state index contributed by atoms with van der Waals surface area (Å²) in [5.74, 6) is 0. The molecule has 4 aromatic carbocycles. The van der Waals surface area contributed by atoms with Gasteiger partial charge in [0.25, 0.3) is 0 Å². The molecule has 0 saturated heterocycles. The molecular weight excluding hydrogens is 502 g/mol. The average molecular weight is 524 g/mol. The van der Waals surface area contributed by atoms with Crippen LogP contribution in [0.15, 0.2) is 116 Å². The number of aromatic nitrogens is 5. The Balaban J connectivity index is 1.52. The summed E-state index contributed by atoms with van der Waals surface area (Å²) in [4.78, 5) is 14.9. The number of para-hydroxylation sites is 1. The van der Waals surface area contributed by atoms with E-state index in [0.29, 0.717) is 0 Å². The third-order valence-electron chi connectivity index (χ3n) is 8.79. The molecule has 10 rings (SSSR count). The van der Waals surface area contributed by atoms with Gasteiger partial charge in [0.2, 0.25) is 0 Å². The van der Waals surface area contributed by atoms with E-state index in [1.807, 2.05) is 30.6 Å². The first kappa shape index (κ1) is 21.3. The van der Waals surface area contributed by atoms with E-state index in [1.165, 1.54) is 38.5 Å². The fourth-order valence-electron chi connectivity index (χ4n) is 7.18. The molecule has 5 nitrogen and oxygen atoms in total. The molecule has 9 aromatic rings. The fourth-order valence-corrected chi connectivity index (χ4v) is 7.18. The zero-order chi connectivity index (χ0) is 26.7. The highest BCUT2D eigenvalue weighted by Crippen LogP contribution is 2.47. The summed E-state index contributed by atoms with van der Waals surface area (Å²) in [6.07, 6.45) is 4.67. The van der Waals surface area contributed by atoms with Gasteiger partial charge in [-0.3, -0.25) is 9.38 Å². The quantitative estimate of drug-likeness (QED) is 0.204. The first-order valence-electron chi connectivity index (χ1n) is 13.9. The maximum Gasteiger partial charge on any atom is 0.165 e. The normalized spacial score (nSPS) is 12.8. The molecule has 0 aliphatic heterocycles. The molecule has 5 aromatic heterocycles. The van der Waals surface area contributed by atoms with Crippen LogP contribution in [0.3, 0.4) is 0 Å². The highest BCUT2D eigenvalue weighted by molar-refractivity contribution is 6.30. The van der Waals surface area contributed by atoms with Gasteiger partial charge in [-0.2, -0.15) is 0 Å². The van der Waals surface area contributed by atoms with Crippen molar-refractivity contribution in [2.24, 2.45) is 0 Å². The number of hydrogen-bond donors (Lipinski definition) is 0. The van der Waals surface area contributed by atoms with Crippen LogP contribution >= 0.6 is 0 Å². The Bertz CT molecular complexity index is 2550. The lowest BCUT2D eigenvalue weighted by molar-refractivity contribution is 1.18. The minimum atomic E-state index is 0.848. The maximum atomic E-state index is 5.20. The third kappa shape index (κ3) is 2.63. The highest BCUT2D eigenvalue weighted by Gasteiger charge is 2.27. The van der Waals surface area contributed by atoms with Crippen molar-refractivity contribution in [1.82, 2.24) is 23.9 Å². The predicted octanol–water partition coefficient (Wildman–Crippen LogP) is 8.25. The van der Waals surface area contributed by atoms with Crippen molar-refractivity contribution in [2.75, 3.05) is 0 Å². The average Bonchev–Trinajstić information content (AvgIpc) is 3.71. The van der Waals surface area contributed by atoms with E-state index in [1.54, 1.807) is 0 Å². The van der Waals surface area contributed by atoms with Gasteiger partial charge in [-0.25, -0.2) is 9.97 Å². The summed E-state index contributed by atoms with van der Waals surface area (Å²) < 4.78 is 4.64. The molecule has 1 aliphatic carbocycles. The third-order valence-corrected chi connectivity index (χ3v) is 8.79. The van der Waals surface area contributed by atoms with Crippen LogP contribution in [0, 0.1) is 0 Å². The molecule has 0 amide bonds. The van der Waals surface area contributed by atoms with Crippen molar-refractivity contribution in [3.05, 3.63) is 127 Å². The van der Waals surface area contributed by atoms with E-state index >= 15 is 0 Å². The molecule has 0 radical (unpaired) electrons. The van der Waals surface area contributed by atoms with Crippen LogP contribution in [-0.2, 0) is 6.42 Å². The molecule has 0 bridgehead atoms. The van der Waals surface area contributed by atoms with Crippen molar-refractivity contribution in [1.29, 1.82) is 0 Å². The van der Waals surface area contributed by atoms with Crippen molar-refractivity contribution in [2.45, 2.75) is 6.42 Å². The molecule has 5 heterocycles. The van der Waals surface area contributed by atoms with Crippen LogP contribution in [0.5, 0.6) is 0 Å². The summed E-state index contributed by atoms with van der Waals surface area (Å²) in [7, 11) is 0. The number of hydrogen-bond acceptors (Lipinski definition) is 3. The van der Waals surface area contributed by atoms with Crippen LogP contribution < -0.4 is 0 Å². The highest BCUT2D eigenvalue weighted by atomic mass is 15.1. The van der Waals surface area contributed by atoms with E-state index < -0.39 is 0 Å². The van der Waals surface area contributed by atoms with Gasteiger partial charge in [-0.05, 0) is 71.6 Å². The monoisotopic (exact) mass is 523 g/mol. The summed E-state index contributed by atoms with van der Waals surface area (Å²) in [6.45, 7) is 0. The summed E-state index contributed by atoms with van der Waals surface area (Å²) >= 11 is 0. The summed E-state index contributed by atoms with van der Waals surface area (Å²) in [5, 5.41) is 4.63. The second-order valence-electron chi connectivity index (χ2n) is 10.9. The van der Waals surface area contributed by atoms with Crippen molar-refractivity contribution in [3.63, 3.8) is 0 Å². The molecule has 0 spiro atoms. The number of pyridine rings is 3. The molecule has 0 unspecified atom stereocenters. The summed E-state index contributed by atoms with van der Waals surface area (Å²) in [6, 6.07) is 36.8. The minimum absolute atomic E-state index is 0.848. The van der Waals surface area contributed by atoms with Gasteiger partial charge in [0.05, 0.1) is 22.1 Å². The Kier molecular flexibility index (Phi) is 3.92. The molecule has 0 atom stereocenters. The fraction of sp³-hybridized carbons (Fsp3) is 0.0278. The Morgan fingerprint density at radius 2 is 1.41 bits per heavy atom. The Hall–Kier alpha value is -5.55. The molecular formula is C36H21N5. The molecule has 1 aliphatic rings. The van der Waals surface area contributed by atoms with Crippen molar-refractivity contribution in [3.8, 4) is 16.8 Å². The van der Waals surface area contributed by atoms with Gasteiger partial charge >= 0.3 is 0 Å². The van der Waals surface area contributed by atoms with Gasteiger partial charge in [-0.15, -0.1) is 0 Å². The Morgan fingerprint density at radius 3 is 2.37 bits per heavy atom. The second-order valence-corrected chi connectivity index (χ2v) is 10.9. The van der Waals surface area contributed by atoms with Crippen LogP contribution in [-0.4, -0.2) is 23.9 Å². The lowest BCUT2D eigenvalue weighted by Gasteiger charge is -2.12. The topological polar surface area (TPSA) is 48.0 Å². The van der Waals surface area contributed by atoms with Gasteiger partial charge in [0.1, 0.15) is 11.2 Å². The lowest BCUT2D eigenvalue weighted by Crippen LogP contribution is -1.96. The van der Waals surface area contributed by atoms with E-state index in [2.05, 4.69) is 93.9 Å². The summed E-state index contributed by atoms with van der Waals surface area (Å²) in [5.41, 5.74) is 13.6. The molecule has 5 heteroatoms. The number of fused-ring (bicyclic) bond motifs is 16. The number of benzene rings is 4. The van der Waals surface area contributed by atoms with Crippen LogP contribution in [0.25, 0.3) is 77.2 Å². The van der Waals surface area contributed by atoms with E-state index in [9.17, 15) is 0 Å². The first-order valence-corrected chi connectivity index (χ1v) is 13.9. The van der Waals surface area contributed by atoms with Gasteiger partial charge in [-0.1, -0.05) is 54.6 Å². The largest absolute Gasteiger partial charge is 0.309 e. The lowest BCUT2D eigenvalue weighted by atomic mass is 9.99. The molecule has 0 N–H and O–H groups in total. The predicted molar refractivity (Wildman–Crippen MR) is 166 cm³/mol. The Labute approximate surface area is 234 Å². The zero-order valence-electron chi connectivity index (χ0n) is 21.9. The van der Waals surface area contributed by atoms with Gasteiger partial charge in [0, 0.05) is 45.2 Å². The maximum absolute atomic E-state index is 5.20. The molecule has 0 saturated carbocycles. The molecule has 41 heavy (non-hydrogen) atoms. The SMILES string of the molecule is c1ccc(-n2c3ccc4c5ncccc5n5c6ncccc6nc5c4c3c3ccc4c(c32)-c2ccccc2C4)cc1. The van der Waals surface area contributed by atoms with E-state index in [-0.39, 0.29) is 0 Å². The minimum Gasteiger partial charge on any atom is -0.309 e. The van der Waals surface area contributed by atoms with Crippen LogP contribution in [0.2, 0.25) is 0 Å². The van der Waals surface area contributed by atoms with Crippen molar-refractivity contribution < 1.29 is 0 Å².